The van der Waals surface area contributed by atoms with E-state index in [0.29, 0.717) is 6.61 Å². The number of benzene rings is 2. The van der Waals surface area contributed by atoms with Gasteiger partial charge in [-0.25, -0.2) is 0 Å². The molecule has 0 saturated heterocycles. The summed E-state index contributed by atoms with van der Waals surface area (Å²) in [4.78, 5) is 13.5. The van der Waals surface area contributed by atoms with Crippen LogP contribution in [-0.4, -0.2) is 36.6 Å². The lowest BCUT2D eigenvalue weighted by molar-refractivity contribution is -0.136. The molecule has 1 N–H and O–H groups in total. The van der Waals surface area contributed by atoms with Gasteiger partial charge in [0.15, 0.2) is 0 Å². The lowest BCUT2D eigenvalue weighted by atomic mass is 9.89. The fourth-order valence-corrected chi connectivity index (χ4v) is 3.19. The van der Waals surface area contributed by atoms with Crippen molar-refractivity contribution in [2.24, 2.45) is 0 Å². The Kier molecular flexibility index (Phi) is 5.19. The number of rotatable bonds is 5. The molecular weight excluding hydrogens is 314 g/mol. The lowest BCUT2D eigenvalue weighted by Gasteiger charge is -2.15. The second kappa shape index (κ2) is 7.53. The molecule has 25 heavy (non-hydrogen) atoms. The summed E-state index contributed by atoms with van der Waals surface area (Å²) in [6.07, 6.45) is 3.08. The zero-order chi connectivity index (χ0) is 17.8. The Bertz CT molecular complexity index is 809. The van der Waals surface area contributed by atoms with E-state index in [-0.39, 0.29) is 6.42 Å². The van der Waals surface area contributed by atoms with Crippen molar-refractivity contribution in [3.8, 4) is 5.75 Å². The van der Waals surface area contributed by atoms with Crippen LogP contribution in [0.1, 0.15) is 28.7 Å². The van der Waals surface area contributed by atoms with Gasteiger partial charge < -0.3 is 14.7 Å². The van der Waals surface area contributed by atoms with E-state index in [9.17, 15) is 9.90 Å². The van der Waals surface area contributed by atoms with E-state index in [4.69, 9.17) is 4.74 Å². The Morgan fingerprint density at radius 3 is 2.76 bits per heavy atom. The molecule has 0 amide bonds. The van der Waals surface area contributed by atoms with E-state index in [2.05, 4.69) is 23.1 Å². The minimum atomic E-state index is -0.835. The van der Waals surface area contributed by atoms with Crippen molar-refractivity contribution in [2.75, 3.05) is 20.6 Å². The molecule has 0 unspecified atom stereocenters. The van der Waals surface area contributed by atoms with E-state index in [1.165, 1.54) is 0 Å². The maximum Gasteiger partial charge on any atom is 0.307 e. The third kappa shape index (κ3) is 3.91. The van der Waals surface area contributed by atoms with Crippen molar-refractivity contribution < 1.29 is 14.6 Å². The van der Waals surface area contributed by atoms with Gasteiger partial charge in [0, 0.05) is 12.1 Å². The summed E-state index contributed by atoms with van der Waals surface area (Å²) >= 11 is 0. The fraction of sp³-hybridized carbons (Fsp3) is 0.286. The van der Waals surface area contributed by atoms with Crippen molar-refractivity contribution in [3.63, 3.8) is 0 Å². The van der Waals surface area contributed by atoms with Crippen molar-refractivity contribution in [2.45, 2.75) is 19.4 Å². The van der Waals surface area contributed by atoms with Gasteiger partial charge in [-0.2, -0.15) is 0 Å². The van der Waals surface area contributed by atoms with Crippen molar-refractivity contribution >= 4 is 11.5 Å². The molecule has 0 fully saturated rings. The SMILES string of the molecule is CN(C)CC/C=C1/c2ccccc2COc2cccc(CC(=O)O)c21. The van der Waals surface area contributed by atoms with Crippen LogP contribution in [0, 0.1) is 0 Å². The largest absolute Gasteiger partial charge is 0.488 e. The molecule has 1 aliphatic heterocycles. The lowest BCUT2D eigenvalue weighted by Crippen LogP contribution is -2.12. The standard InChI is InChI=1S/C21H23NO3/c1-22(2)12-6-10-18-17-9-4-3-7-16(17)14-25-19-11-5-8-15(21(18)19)13-20(23)24/h3-5,7-11H,6,12-14H2,1-2H3,(H,23,24)/b18-10-. The van der Waals surface area contributed by atoms with Gasteiger partial charge in [-0.3, -0.25) is 4.79 Å². The van der Waals surface area contributed by atoms with Gasteiger partial charge in [0.2, 0.25) is 0 Å². The predicted octanol–water partition coefficient (Wildman–Crippen LogP) is 3.59. The number of aliphatic carboxylic acids is 1. The molecule has 0 radical (unpaired) electrons. The van der Waals surface area contributed by atoms with Crippen molar-refractivity contribution in [1.29, 1.82) is 0 Å². The molecule has 4 nitrogen and oxygen atoms in total. The molecule has 0 atom stereocenters. The van der Waals surface area contributed by atoms with Crippen LogP contribution in [0.25, 0.3) is 5.57 Å². The summed E-state index contributed by atoms with van der Waals surface area (Å²) in [6.45, 7) is 1.42. The highest BCUT2D eigenvalue weighted by molar-refractivity contribution is 5.88. The first-order chi connectivity index (χ1) is 12.1. The van der Waals surface area contributed by atoms with Crippen LogP contribution in [0.4, 0.5) is 0 Å². The second-order valence-corrected chi connectivity index (χ2v) is 6.52. The zero-order valence-electron chi connectivity index (χ0n) is 14.7. The van der Waals surface area contributed by atoms with Crippen LogP contribution in [0.5, 0.6) is 5.75 Å². The average molecular weight is 337 g/mol. The first-order valence-corrected chi connectivity index (χ1v) is 8.46. The van der Waals surface area contributed by atoms with Gasteiger partial charge in [-0.15, -0.1) is 0 Å². The number of hydrogen-bond donors (Lipinski definition) is 1. The minimum Gasteiger partial charge on any atom is -0.488 e. The Balaban J connectivity index is 2.15. The molecule has 2 aromatic rings. The monoisotopic (exact) mass is 337 g/mol. The summed E-state index contributed by atoms with van der Waals surface area (Å²) in [5, 5.41) is 9.30. The number of carbonyl (C=O) groups is 1. The highest BCUT2D eigenvalue weighted by Gasteiger charge is 2.22. The molecular formula is C21H23NO3. The van der Waals surface area contributed by atoms with E-state index >= 15 is 0 Å². The van der Waals surface area contributed by atoms with Crippen LogP contribution < -0.4 is 4.74 Å². The molecule has 4 heteroatoms. The summed E-state index contributed by atoms with van der Waals surface area (Å²) in [6, 6.07) is 13.9. The average Bonchev–Trinajstić information content (AvgIpc) is 2.72. The molecule has 1 heterocycles. The van der Waals surface area contributed by atoms with E-state index in [0.717, 1.165) is 46.5 Å². The molecule has 0 saturated carbocycles. The first-order valence-electron chi connectivity index (χ1n) is 8.46. The summed E-state index contributed by atoms with van der Waals surface area (Å²) in [5.74, 6) is -0.0790. The molecule has 130 valence electrons. The zero-order valence-corrected chi connectivity index (χ0v) is 14.7. The summed E-state index contributed by atoms with van der Waals surface area (Å²) < 4.78 is 6.01. The Labute approximate surface area is 148 Å². The van der Waals surface area contributed by atoms with Crippen LogP contribution in [-0.2, 0) is 17.8 Å². The minimum absolute atomic E-state index is 0.0142. The van der Waals surface area contributed by atoms with Crippen LogP contribution >= 0.6 is 0 Å². The van der Waals surface area contributed by atoms with E-state index < -0.39 is 5.97 Å². The number of carboxylic acids is 1. The Morgan fingerprint density at radius 2 is 2.00 bits per heavy atom. The van der Waals surface area contributed by atoms with Crippen LogP contribution in [0.3, 0.4) is 0 Å². The Hall–Kier alpha value is -2.59. The normalized spacial score (nSPS) is 14.6. The highest BCUT2D eigenvalue weighted by atomic mass is 16.5. The number of hydrogen-bond acceptors (Lipinski definition) is 3. The molecule has 0 bridgehead atoms. The maximum atomic E-state index is 11.3. The predicted molar refractivity (Wildman–Crippen MR) is 98.8 cm³/mol. The Morgan fingerprint density at radius 1 is 1.20 bits per heavy atom. The summed E-state index contributed by atoms with van der Waals surface area (Å²) in [5.41, 5.74) is 5.02. The van der Waals surface area contributed by atoms with Crippen LogP contribution in [0.15, 0.2) is 48.5 Å². The van der Waals surface area contributed by atoms with Gasteiger partial charge >= 0.3 is 5.97 Å². The van der Waals surface area contributed by atoms with Gasteiger partial charge in [0.25, 0.3) is 0 Å². The quantitative estimate of drug-likeness (QED) is 0.906. The fourth-order valence-electron chi connectivity index (χ4n) is 3.19. The maximum absolute atomic E-state index is 11.3. The van der Waals surface area contributed by atoms with Crippen molar-refractivity contribution in [3.05, 3.63) is 70.8 Å². The molecule has 0 aromatic heterocycles. The van der Waals surface area contributed by atoms with Crippen LogP contribution in [0.2, 0.25) is 0 Å². The third-order valence-corrected chi connectivity index (χ3v) is 4.34. The van der Waals surface area contributed by atoms with E-state index in [1.807, 2.05) is 44.4 Å². The summed E-state index contributed by atoms with van der Waals surface area (Å²) in [7, 11) is 4.10. The molecule has 0 aliphatic carbocycles. The van der Waals surface area contributed by atoms with Gasteiger partial charge in [0.05, 0.1) is 6.42 Å². The van der Waals surface area contributed by atoms with Gasteiger partial charge in [-0.1, -0.05) is 42.5 Å². The number of fused-ring (bicyclic) bond motifs is 2. The third-order valence-electron chi connectivity index (χ3n) is 4.34. The first kappa shape index (κ1) is 17.2. The smallest absolute Gasteiger partial charge is 0.307 e. The number of carboxylic acid groups (broad SMARTS) is 1. The molecule has 1 aliphatic rings. The van der Waals surface area contributed by atoms with Gasteiger partial charge in [-0.05, 0) is 48.8 Å². The number of nitrogens with zero attached hydrogens (tertiary/aromatic N) is 1. The van der Waals surface area contributed by atoms with Crippen molar-refractivity contribution in [1.82, 2.24) is 4.90 Å². The molecule has 0 spiro atoms. The number of ether oxygens (including phenoxy) is 1. The topological polar surface area (TPSA) is 49.8 Å². The highest BCUT2D eigenvalue weighted by Crippen LogP contribution is 2.39. The van der Waals surface area contributed by atoms with E-state index in [1.54, 1.807) is 0 Å². The van der Waals surface area contributed by atoms with Gasteiger partial charge in [0.1, 0.15) is 12.4 Å². The molecule has 2 aromatic carbocycles. The molecule has 3 rings (SSSR count). The second-order valence-electron chi connectivity index (χ2n) is 6.52.